The predicted octanol–water partition coefficient (Wildman–Crippen LogP) is 3.27. The fraction of sp³-hybridized carbons (Fsp3) is 0.529. The number of carbonyl (C=O) groups is 2. The van der Waals surface area contributed by atoms with E-state index in [9.17, 15) is 9.59 Å². The van der Waals surface area contributed by atoms with Crippen LogP contribution in [0.15, 0.2) is 24.3 Å². The van der Waals surface area contributed by atoms with Crippen LogP contribution in [0.3, 0.4) is 0 Å². The number of carbonyl (C=O) groups excluding carboxylic acids is 1. The maximum absolute atomic E-state index is 12.1. The van der Waals surface area contributed by atoms with Gasteiger partial charge in [0.2, 0.25) is 5.91 Å². The van der Waals surface area contributed by atoms with E-state index in [2.05, 4.69) is 26.0 Å². The fourth-order valence-corrected chi connectivity index (χ4v) is 1.96. The molecule has 0 saturated carbocycles. The van der Waals surface area contributed by atoms with E-state index < -0.39 is 11.4 Å². The van der Waals surface area contributed by atoms with Gasteiger partial charge in [0, 0.05) is 20.0 Å². The third-order valence-corrected chi connectivity index (χ3v) is 3.66. The van der Waals surface area contributed by atoms with E-state index in [0.29, 0.717) is 12.5 Å². The topological polar surface area (TPSA) is 57.6 Å². The molecule has 21 heavy (non-hydrogen) atoms. The first kappa shape index (κ1) is 17.2. The van der Waals surface area contributed by atoms with Crippen LogP contribution in [0, 0.1) is 5.41 Å². The van der Waals surface area contributed by atoms with Crippen molar-refractivity contribution < 1.29 is 14.7 Å². The first-order valence-electron chi connectivity index (χ1n) is 7.19. The first-order valence-corrected chi connectivity index (χ1v) is 7.19. The number of rotatable bonds is 6. The monoisotopic (exact) mass is 291 g/mol. The number of aliphatic carboxylic acids is 1. The zero-order chi connectivity index (χ0) is 16.2. The lowest BCUT2D eigenvalue weighted by Crippen LogP contribution is -2.34. The molecule has 0 spiro atoms. The van der Waals surface area contributed by atoms with Gasteiger partial charge in [-0.15, -0.1) is 0 Å². The van der Waals surface area contributed by atoms with E-state index in [0.717, 1.165) is 5.56 Å². The predicted molar refractivity (Wildman–Crippen MR) is 83.0 cm³/mol. The van der Waals surface area contributed by atoms with Crippen LogP contribution in [-0.2, 0) is 16.1 Å². The number of benzene rings is 1. The lowest BCUT2D eigenvalue weighted by Gasteiger charge is -2.23. The highest BCUT2D eigenvalue weighted by atomic mass is 16.4. The SMILES string of the molecule is CC(C)c1ccc(CN(C)C(=O)CC(C)(C)C(=O)O)cc1. The van der Waals surface area contributed by atoms with Crippen LogP contribution in [0.1, 0.15) is 51.2 Å². The molecule has 4 heteroatoms. The molecule has 0 fully saturated rings. The van der Waals surface area contributed by atoms with Gasteiger partial charge in [-0.05, 0) is 30.9 Å². The second kappa shape index (κ2) is 6.74. The van der Waals surface area contributed by atoms with Gasteiger partial charge in [-0.25, -0.2) is 0 Å². The van der Waals surface area contributed by atoms with Crippen LogP contribution in [0.4, 0.5) is 0 Å². The second-order valence-corrected chi connectivity index (χ2v) is 6.51. The highest BCUT2D eigenvalue weighted by molar-refractivity contribution is 5.84. The molecule has 0 aliphatic heterocycles. The van der Waals surface area contributed by atoms with Crippen LogP contribution in [-0.4, -0.2) is 28.9 Å². The van der Waals surface area contributed by atoms with Gasteiger partial charge < -0.3 is 10.0 Å². The van der Waals surface area contributed by atoms with E-state index in [4.69, 9.17) is 5.11 Å². The Kier molecular flexibility index (Phi) is 5.53. The fourth-order valence-electron chi connectivity index (χ4n) is 1.96. The molecular weight excluding hydrogens is 266 g/mol. The van der Waals surface area contributed by atoms with Gasteiger partial charge in [0.05, 0.1) is 5.41 Å². The van der Waals surface area contributed by atoms with E-state index >= 15 is 0 Å². The number of carboxylic acids is 1. The third-order valence-electron chi connectivity index (χ3n) is 3.66. The van der Waals surface area contributed by atoms with Gasteiger partial charge in [-0.2, -0.15) is 0 Å². The molecule has 1 N–H and O–H groups in total. The largest absolute Gasteiger partial charge is 0.481 e. The highest BCUT2D eigenvalue weighted by Gasteiger charge is 2.31. The Balaban J connectivity index is 2.66. The van der Waals surface area contributed by atoms with Crippen molar-refractivity contribution in [1.29, 1.82) is 0 Å². The molecule has 1 aromatic carbocycles. The summed E-state index contributed by atoms with van der Waals surface area (Å²) in [6.45, 7) is 7.90. The lowest BCUT2D eigenvalue weighted by molar-refractivity contribution is -0.151. The first-order chi connectivity index (χ1) is 9.63. The van der Waals surface area contributed by atoms with Crippen molar-refractivity contribution in [2.24, 2.45) is 5.41 Å². The van der Waals surface area contributed by atoms with Crippen molar-refractivity contribution >= 4 is 11.9 Å². The number of hydrogen-bond donors (Lipinski definition) is 1. The Morgan fingerprint density at radius 1 is 1.19 bits per heavy atom. The van der Waals surface area contributed by atoms with Crippen molar-refractivity contribution in [2.75, 3.05) is 7.05 Å². The number of carboxylic acid groups (broad SMARTS) is 1. The molecule has 0 radical (unpaired) electrons. The quantitative estimate of drug-likeness (QED) is 0.875. The summed E-state index contributed by atoms with van der Waals surface area (Å²) in [5.74, 6) is -0.629. The Morgan fingerprint density at radius 2 is 1.71 bits per heavy atom. The lowest BCUT2D eigenvalue weighted by atomic mass is 9.89. The Hall–Kier alpha value is -1.84. The molecule has 0 bridgehead atoms. The summed E-state index contributed by atoms with van der Waals surface area (Å²) in [5.41, 5.74) is 1.27. The van der Waals surface area contributed by atoms with Crippen molar-refractivity contribution in [1.82, 2.24) is 4.90 Å². The van der Waals surface area contributed by atoms with Gasteiger partial charge in [0.15, 0.2) is 0 Å². The van der Waals surface area contributed by atoms with Gasteiger partial charge in [0.1, 0.15) is 0 Å². The normalized spacial score (nSPS) is 11.5. The van der Waals surface area contributed by atoms with Gasteiger partial charge in [-0.3, -0.25) is 9.59 Å². The third kappa shape index (κ3) is 4.88. The molecular formula is C17H25NO3. The minimum Gasteiger partial charge on any atom is -0.481 e. The molecule has 1 amide bonds. The minimum atomic E-state index is -1.03. The highest BCUT2D eigenvalue weighted by Crippen LogP contribution is 2.22. The zero-order valence-electron chi connectivity index (χ0n) is 13.5. The molecule has 0 aromatic heterocycles. The molecule has 0 heterocycles. The molecule has 1 aromatic rings. The van der Waals surface area contributed by atoms with E-state index in [1.54, 1.807) is 25.8 Å². The second-order valence-electron chi connectivity index (χ2n) is 6.51. The smallest absolute Gasteiger partial charge is 0.309 e. The van der Waals surface area contributed by atoms with Crippen molar-refractivity contribution in [3.63, 3.8) is 0 Å². The molecule has 4 nitrogen and oxygen atoms in total. The molecule has 0 aliphatic rings. The number of amides is 1. The molecule has 1 rings (SSSR count). The molecule has 0 aliphatic carbocycles. The Labute approximate surface area is 126 Å². The van der Waals surface area contributed by atoms with Gasteiger partial charge in [0.25, 0.3) is 0 Å². The summed E-state index contributed by atoms with van der Waals surface area (Å²) in [6, 6.07) is 8.17. The van der Waals surface area contributed by atoms with Gasteiger partial charge >= 0.3 is 5.97 Å². The van der Waals surface area contributed by atoms with Crippen LogP contribution in [0.5, 0.6) is 0 Å². The number of hydrogen-bond acceptors (Lipinski definition) is 2. The maximum atomic E-state index is 12.1. The van der Waals surface area contributed by atoms with Crippen LogP contribution < -0.4 is 0 Å². The van der Waals surface area contributed by atoms with E-state index in [1.165, 1.54) is 5.56 Å². The summed E-state index contributed by atoms with van der Waals surface area (Å²) in [4.78, 5) is 24.8. The minimum absolute atomic E-state index is 0.00289. The number of nitrogens with zero attached hydrogens (tertiary/aromatic N) is 1. The average Bonchev–Trinajstić information content (AvgIpc) is 2.38. The summed E-state index contributed by atoms with van der Waals surface area (Å²) in [5, 5.41) is 9.07. The summed E-state index contributed by atoms with van der Waals surface area (Å²) < 4.78 is 0. The molecule has 0 atom stereocenters. The molecule has 0 saturated heterocycles. The van der Waals surface area contributed by atoms with Crippen LogP contribution in [0.2, 0.25) is 0 Å². The summed E-state index contributed by atoms with van der Waals surface area (Å²) >= 11 is 0. The maximum Gasteiger partial charge on any atom is 0.309 e. The van der Waals surface area contributed by atoms with E-state index in [1.807, 2.05) is 12.1 Å². The van der Waals surface area contributed by atoms with Crippen molar-refractivity contribution in [2.45, 2.75) is 46.6 Å². The molecule has 116 valence electrons. The zero-order valence-corrected chi connectivity index (χ0v) is 13.5. The summed E-state index contributed by atoms with van der Waals surface area (Å²) in [6.07, 6.45) is 0.00289. The Bertz CT molecular complexity index is 503. The van der Waals surface area contributed by atoms with E-state index in [-0.39, 0.29) is 12.3 Å². The van der Waals surface area contributed by atoms with Crippen LogP contribution >= 0.6 is 0 Å². The van der Waals surface area contributed by atoms with Crippen molar-refractivity contribution in [3.05, 3.63) is 35.4 Å². The average molecular weight is 291 g/mol. The Morgan fingerprint density at radius 3 is 2.14 bits per heavy atom. The van der Waals surface area contributed by atoms with Crippen molar-refractivity contribution in [3.8, 4) is 0 Å². The van der Waals surface area contributed by atoms with Crippen LogP contribution in [0.25, 0.3) is 0 Å². The standard InChI is InChI=1S/C17H25NO3/c1-12(2)14-8-6-13(7-9-14)11-18(5)15(19)10-17(3,4)16(20)21/h6-9,12H,10-11H2,1-5H3,(H,20,21). The van der Waals surface area contributed by atoms with Gasteiger partial charge in [-0.1, -0.05) is 38.1 Å². The summed E-state index contributed by atoms with van der Waals surface area (Å²) in [7, 11) is 1.70. The molecule has 0 unspecified atom stereocenters.